The second-order valence-corrected chi connectivity index (χ2v) is 7.18. The highest BCUT2D eigenvalue weighted by Crippen LogP contribution is 2.32. The molecule has 0 atom stereocenters. The monoisotopic (exact) mass is 282 g/mol. The van der Waals surface area contributed by atoms with E-state index in [1.165, 1.54) is 0 Å². The minimum atomic E-state index is 0.314. The number of aromatic nitrogens is 2. The van der Waals surface area contributed by atoms with Gasteiger partial charge in [-0.1, -0.05) is 26.1 Å². The molecule has 1 aromatic rings. The van der Waals surface area contributed by atoms with Gasteiger partial charge in [0, 0.05) is 36.0 Å². The molecule has 4 nitrogen and oxygen atoms in total. The number of thiocarbonyl (C=S) groups is 1. The van der Waals surface area contributed by atoms with Crippen LogP contribution in [0.25, 0.3) is 0 Å². The molecule has 1 aliphatic rings. The Balaban J connectivity index is 2.24. The Bertz CT molecular complexity index is 447. The summed E-state index contributed by atoms with van der Waals surface area (Å²) < 4.78 is 0.320. The molecule has 0 spiro atoms. The van der Waals surface area contributed by atoms with Gasteiger partial charge in [-0.25, -0.2) is 9.97 Å². The van der Waals surface area contributed by atoms with E-state index < -0.39 is 0 Å². The molecular weight excluding hydrogens is 264 g/mol. The van der Waals surface area contributed by atoms with E-state index in [0.29, 0.717) is 15.4 Å². The molecule has 1 aromatic heterocycles. The molecule has 0 saturated carbocycles. The molecular formula is C12H18N4S2. The number of rotatable bonds is 2. The third kappa shape index (κ3) is 3.11. The summed E-state index contributed by atoms with van der Waals surface area (Å²) in [5.74, 6) is 1.91. The van der Waals surface area contributed by atoms with Crippen LogP contribution in [0.4, 0.5) is 5.82 Å². The zero-order valence-corrected chi connectivity index (χ0v) is 12.4. The largest absolute Gasteiger partial charge is 0.388 e. The van der Waals surface area contributed by atoms with Crippen LogP contribution in [0.2, 0.25) is 0 Å². The maximum absolute atomic E-state index is 5.71. The average Bonchev–Trinajstić information content (AvgIpc) is 2.50. The van der Waals surface area contributed by atoms with Gasteiger partial charge in [0.15, 0.2) is 5.82 Å². The van der Waals surface area contributed by atoms with Crippen molar-refractivity contribution in [2.75, 3.05) is 23.7 Å². The van der Waals surface area contributed by atoms with Crippen LogP contribution >= 0.6 is 24.0 Å². The molecule has 0 unspecified atom stereocenters. The van der Waals surface area contributed by atoms with Crippen molar-refractivity contribution in [3.8, 4) is 0 Å². The summed E-state index contributed by atoms with van der Waals surface area (Å²) in [6.07, 6.45) is 4.44. The number of anilines is 1. The van der Waals surface area contributed by atoms with Crippen LogP contribution < -0.4 is 10.6 Å². The predicted octanol–water partition coefficient (Wildman–Crippen LogP) is 1.83. The summed E-state index contributed by atoms with van der Waals surface area (Å²) >= 11 is 7.04. The van der Waals surface area contributed by atoms with E-state index in [-0.39, 0.29) is 0 Å². The molecule has 1 saturated heterocycles. The topological polar surface area (TPSA) is 55.0 Å². The van der Waals surface area contributed by atoms with Crippen LogP contribution in [0.5, 0.6) is 0 Å². The molecule has 6 heteroatoms. The van der Waals surface area contributed by atoms with E-state index in [2.05, 4.69) is 28.7 Å². The first-order valence-electron chi connectivity index (χ1n) is 5.99. The second kappa shape index (κ2) is 5.40. The van der Waals surface area contributed by atoms with E-state index in [1.54, 1.807) is 12.4 Å². The average molecular weight is 282 g/mol. The highest BCUT2D eigenvalue weighted by atomic mass is 32.2. The first-order chi connectivity index (χ1) is 8.49. The van der Waals surface area contributed by atoms with Gasteiger partial charge in [-0.15, -0.1) is 0 Å². The fourth-order valence-corrected chi connectivity index (χ4v) is 3.21. The number of nitrogens with two attached hydrogens (primary N) is 1. The SMILES string of the molecule is CC1(C)CCN(c2nccnc2C(N)=S)CCS1. The van der Waals surface area contributed by atoms with Gasteiger partial charge >= 0.3 is 0 Å². The standard InChI is InChI=1S/C12H18N4S2/c1-12(2)3-6-16(7-8-18-12)11-9(10(13)17)14-4-5-15-11/h4-5H,3,6-8H2,1-2H3,(H2,13,17). The number of hydrogen-bond donors (Lipinski definition) is 1. The van der Waals surface area contributed by atoms with Crippen LogP contribution in [-0.4, -0.2) is 38.5 Å². The van der Waals surface area contributed by atoms with Gasteiger partial charge in [0.25, 0.3) is 0 Å². The Morgan fingerprint density at radius 1 is 1.39 bits per heavy atom. The summed E-state index contributed by atoms with van der Waals surface area (Å²) in [7, 11) is 0. The minimum absolute atomic E-state index is 0.314. The lowest BCUT2D eigenvalue weighted by Crippen LogP contribution is -2.30. The predicted molar refractivity (Wildman–Crippen MR) is 81.3 cm³/mol. The van der Waals surface area contributed by atoms with Gasteiger partial charge in [0.1, 0.15) is 10.7 Å². The van der Waals surface area contributed by atoms with Crippen molar-refractivity contribution in [2.45, 2.75) is 25.0 Å². The molecule has 0 amide bonds. The smallest absolute Gasteiger partial charge is 0.157 e. The van der Waals surface area contributed by atoms with Crippen molar-refractivity contribution >= 4 is 34.8 Å². The molecule has 2 N–H and O–H groups in total. The first kappa shape index (κ1) is 13.5. The number of hydrogen-bond acceptors (Lipinski definition) is 5. The lowest BCUT2D eigenvalue weighted by Gasteiger charge is -2.24. The highest BCUT2D eigenvalue weighted by molar-refractivity contribution is 8.00. The Kier molecular flexibility index (Phi) is 4.07. The van der Waals surface area contributed by atoms with Crippen molar-refractivity contribution in [3.63, 3.8) is 0 Å². The molecule has 98 valence electrons. The van der Waals surface area contributed by atoms with Crippen molar-refractivity contribution in [3.05, 3.63) is 18.1 Å². The first-order valence-corrected chi connectivity index (χ1v) is 7.39. The summed E-state index contributed by atoms with van der Waals surface area (Å²) in [5.41, 5.74) is 6.35. The maximum atomic E-state index is 5.71. The fraction of sp³-hybridized carbons (Fsp3) is 0.583. The van der Waals surface area contributed by atoms with Gasteiger partial charge in [0.2, 0.25) is 0 Å². The van der Waals surface area contributed by atoms with E-state index in [4.69, 9.17) is 18.0 Å². The second-order valence-electron chi connectivity index (χ2n) is 4.94. The molecule has 0 aliphatic carbocycles. The van der Waals surface area contributed by atoms with Gasteiger partial charge in [-0.2, -0.15) is 11.8 Å². The lowest BCUT2D eigenvalue weighted by molar-refractivity contribution is 0.634. The maximum Gasteiger partial charge on any atom is 0.157 e. The van der Waals surface area contributed by atoms with Crippen molar-refractivity contribution in [1.29, 1.82) is 0 Å². The fourth-order valence-electron chi connectivity index (χ4n) is 1.97. The van der Waals surface area contributed by atoms with E-state index >= 15 is 0 Å². The van der Waals surface area contributed by atoms with E-state index in [9.17, 15) is 0 Å². The Labute approximate surface area is 117 Å². The third-order valence-corrected chi connectivity index (χ3v) is 4.62. The molecule has 2 rings (SSSR count). The van der Waals surface area contributed by atoms with Crippen LogP contribution in [0.3, 0.4) is 0 Å². The molecule has 0 bridgehead atoms. The number of thioether (sulfide) groups is 1. The van der Waals surface area contributed by atoms with Crippen molar-refractivity contribution in [2.24, 2.45) is 5.73 Å². The van der Waals surface area contributed by atoms with Crippen LogP contribution in [0.15, 0.2) is 12.4 Å². The van der Waals surface area contributed by atoms with Gasteiger partial charge in [-0.3, -0.25) is 0 Å². The summed E-state index contributed by atoms with van der Waals surface area (Å²) in [6, 6.07) is 0. The Hall–Kier alpha value is -0.880. The zero-order chi connectivity index (χ0) is 13.2. The van der Waals surface area contributed by atoms with E-state index in [1.807, 2.05) is 11.8 Å². The molecule has 0 radical (unpaired) electrons. The lowest BCUT2D eigenvalue weighted by atomic mass is 10.1. The Morgan fingerprint density at radius 2 is 2.11 bits per heavy atom. The molecule has 18 heavy (non-hydrogen) atoms. The molecule has 1 aliphatic heterocycles. The normalized spacial score (nSPS) is 19.3. The van der Waals surface area contributed by atoms with Crippen molar-refractivity contribution in [1.82, 2.24) is 9.97 Å². The van der Waals surface area contributed by atoms with Gasteiger partial charge in [-0.05, 0) is 6.42 Å². The molecule has 2 heterocycles. The van der Waals surface area contributed by atoms with Crippen molar-refractivity contribution < 1.29 is 0 Å². The van der Waals surface area contributed by atoms with Gasteiger partial charge < -0.3 is 10.6 Å². The quantitative estimate of drug-likeness (QED) is 0.835. The van der Waals surface area contributed by atoms with Gasteiger partial charge in [0.05, 0.1) is 0 Å². The van der Waals surface area contributed by atoms with Crippen LogP contribution in [0, 0.1) is 0 Å². The van der Waals surface area contributed by atoms with Crippen LogP contribution in [0.1, 0.15) is 26.0 Å². The summed E-state index contributed by atoms with van der Waals surface area (Å²) in [6.45, 7) is 6.50. The molecule has 1 fully saturated rings. The minimum Gasteiger partial charge on any atom is -0.388 e. The highest BCUT2D eigenvalue weighted by Gasteiger charge is 2.25. The third-order valence-electron chi connectivity index (χ3n) is 3.05. The van der Waals surface area contributed by atoms with E-state index in [0.717, 1.165) is 31.1 Å². The summed E-state index contributed by atoms with van der Waals surface area (Å²) in [4.78, 5) is 11.2. The van der Waals surface area contributed by atoms with Crippen LogP contribution in [-0.2, 0) is 0 Å². The summed E-state index contributed by atoms with van der Waals surface area (Å²) in [5, 5.41) is 0. The molecule has 0 aromatic carbocycles. The number of nitrogens with zero attached hydrogens (tertiary/aromatic N) is 3. The zero-order valence-electron chi connectivity index (χ0n) is 10.7. The Morgan fingerprint density at radius 3 is 2.83 bits per heavy atom.